The van der Waals surface area contributed by atoms with E-state index in [1.807, 2.05) is 24.6 Å². The maximum Gasteiger partial charge on any atom is 0.229 e. The van der Waals surface area contributed by atoms with E-state index in [2.05, 4.69) is 0 Å². The van der Waals surface area contributed by atoms with E-state index in [9.17, 15) is 14.7 Å². The number of carbonyl (C=O) groups is 2. The summed E-state index contributed by atoms with van der Waals surface area (Å²) in [6, 6.07) is 1.80. The molecule has 1 saturated heterocycles. The first-order valence-corrected chi connectivity index (χ1v) is 6.87. The van der Waals surface area contributed by atoms with Crippen LogP contribution in [-0.2, 0) is 9.59 Å². The lowest BCUT2D eigenvalue weighted by Crippen LogP contribution is -2.47. The second-order valence-electron chi connectivity index (χ2n) is 5.49. The molecule has 0 aromatic carbocycles. The quantitative estimate of drug-likeness (QED) is 0.852. The number of aliphatic hydroxyl groups excluding tert-OH is 1. The Kier molecular flexibility index (Phi) is 3.54. The van der Waals surface area contributed by atoms with Crippen LogP contribution in [0, 0.1) is 5.41 Å². The van der Waals surface area contributed by atoms with Crippen LogP contribution in [0.2, 0.25) is 0 Å². The number of carbonyl (C=O) groups excluding carboxylic acids is 2. The van der Waals surface area contributed by atoms with Gasteiger partial charge in [-0.2, -0.15) is 11.3 Å². The normalized spacial score (nSPS) is 21.2. The summed E-state index contributed by atoms with van der Waals surface area (Å²) in [5.74, 6) is -0.379. The molecule has 0 saturated carbocycles. The Morgan fingerprint density at radius 3 is 2.50 bits per heavy atom. The number of amides is 2. The number of hydrogen-bond acceptors (Lipinski definition) is 4. The molecule has 1 N–H and O–H groups in total. The van der Waals surface area contributed by atoms with Gasteiger partial charge in [0, 0.05) is 12.8 Å². The lowest BCUT2D eigenvalue weighted by molar-refractivity contribution is -0.154. The molecule has 1 aliphatic rings. The highest BCUT2D eigenvalue weighted by Crippen LogP contribution is 2.32. The molecule has 1 aromatic rings. The minimum absolute atomic E-state index is 0.0600. The number of aliphatic hydroxyl groups is 1. The van der Waals surface area contributed by atoms with Gasteiger partial charge in [-0.05, 0) is 27.8 Å². The van der Waals surface area contributed by atoms with Gasteiger partial charge < -0.3 is 5.11 Å². The number of β-amino-alcohol motifs (C(OH)–C–C–N with tert-alkyl or cyclic N) is 1. The van der Waals surface area contributed by atoms with E-state index in [-0.39, 0.29) is 23.8 Å². The largest absolute Gasteiger partial charge is 0.387 e. The SMILES string of the molecule is CC1(C)CC(=O)N(CC(O)c2ccsc2)C(=O)C1. The molecule has 1 aromatic heterocycles. The molecule has 2 heterocycles. The predicted molar refractivity (Wildman–Crippen MR) is 69.0 cm³/mol. The number of likely N-dealkylation sites (tertiary alicyclic amines) is 1. The van der Waals surface area contributed by atoms with Crippen molar-refractivity contribution in [1.29, 1.82) is 0 Å². The summed E-state index contributed by atoms with van der Waals surface area (Å²) < 4.78 is 0. The van der Waals surface area contributed by atoms with Crippen LogP contribution in [0.15, 0.2) is 16.8 Å². The van der Waals surface area contributed by atoms with Gasteiger partial charge in [-0.25, -0.2) is 0 Å². The minimum atomic E-state index is -0.787. The Hall–Kier alpha value is -1.20. The van der Waals surface area contributed by atoms with Crippen LogP contribution in [0.3, 0.4) is 0 Å². The topological polar surface area (TPSA) is 57.6 Å². The van der Waals surface area contributed by atoms with Gasteiger partial charge in [-0.15, -0.1) is 0 Å². The van der Waals surface area contributed by atoms with Crippen LogP contribution in [0.4, 0.5) is 0 Å². The standard InChI is InChI=1S/C13H17NO3S/c1-13(2)5-11(16)14(12(17)6-13)7-10(15)9-3-4-18-8-9/h3-4,8,10,15H,5-7H2,1-2H3. The van der Waals surface area contributed by atoms with Crippen molar-refractivity contribution in [1.82, 2.24) is 4.90 Å². The zero-order chi connectivity index (χ0) is 13.3. The molecular weight excluding hydrogens is 250 g/mol. The van der Waals surface area contributed by atoms with Gasteiger partial charge in [0.05, 0.1) is 12.6 Å². The lowest BCUT2D eigenvalue weighted by Gasteiger charge is -2.35. The summed E-state index contributed by atoms with van der Waals surface area (Å²) in [5, 5.41) is 13.7. The van der Waals surface area contributed by atoms with Gasteiger partial charge >= 0.3 is 0 Å². The molecule has 18 heavy (non-hydrogen) atoms. The number of thiophene rings is 1. The van der Waals surface area contributed by atoms with Crippen molar-refractivity contribution in [3.05, 3.63) is 22.4 Å². The summed E-state index contributed by atoms with van der Waals surface area (Å²) in [6.07, 6.45) is -0.0742. The van der Waals surface area contributed by atoms with E-state index in [0.717, 1.165) is 5.56 Å². The van der Waals surface area contributed by atoms with Crippen molar-refractivity contribution >= 4 is 23.2 Å². The first kappa shape index (κ1) is 13.2. The second-order valence-corrected chi connectivity index (χ2v) is 6.27. The second kappa shape index (κ2) is 4.82. The van der Waals surface area contributed by atoms with Gasteiger partial charge in [0.25, 0.3) is 0 Å². The van der Waals surface area contributed by atoms with Crippen LogP contribution in [0.25, 0.3) is 0 Å². The van der Waals surface area contributed by atoms with Gasteiger partial charge in [-0.1, -0.05) is 13.8 Å². The van der Waals surface area contributed by atoms with Crippen molar-refractivity contribution in [2.24, 2.45) is 5.41 Å². The van der Waals surface area contributed by atoms with Crippen LogP contribution >= 0.6 is 11.3 Å². The van der Waals surface area contributed by atoms with Crippen molar-refractivity contribution in [3.8, 4) is 0 Å². The van der Waals surface area contributed by atoms with Gasteiger partial charge in [0.2, 0.25) is 11.8 Å². The fourth-order valence-electron chi connectivity index (χ4n) is 2.16. The molecule has 0 aliphatic carbocycles. The third-order valence-electron chi connectivity index (χ3n) is 3.15. The Morgan fingerprint density at radius 2 is 2.00 bits per heavy atom. The molecule has 2 rings (SSSR count). The fraction of sp³-hybridized carbons (Fsp3) is 0.538. The predicted octanol–water partition coefficient (Wildman–Crippen LogP) is 1.96. The summed E-state index contributed by atoms with van der Waals surface area (Å²) in [7, 11) is 0. The van der Waals surface area contributed by atoms with E-state index < -0.39 is 6.10 Å². The Bertz CT molecular complexity index is 433. The summed E-state index contributed by atoms with van der Waals surface area (Å²) in [6.45, 7) is 3.88. The van der Waals surface area contributed by atoms with Crippen molar-refractivity contribution in [2.45, 2.75) is 32.8 Å². The van der Waals surface area contributed by atoms with E-state index >= 15 is 0 Å². The maximum atomic E-state index is 11.9. The Labute approximate surface area is 110 Å². The lowest BCUT2D eigenvalue weighted by atomic mass is 9.81. The van der Waals surface area contributed by atoms with Crippen molar-refractivity contribution in [3.63, 3.8) is 0 Å². The van der Waals surface area contributed by atoms with Crippen molar-refractivity contribution < 1.29 is 14.7 Å². The number of piperidine rings is 1. The average Bonchev–Trinajstić information content (AvgIpc) is 2.75. The van der Waals surface area contributed by atoms with Crippen molar-refractivity contribution in [2.75, 3.05) is 6.54 Å². The van der Waals surface area contributed by atoms with Gasteiger partial charge in [-0.3, -0.25) is 14.5 Å². The smallest absolute Gasteiger partial charge is 0.229 e. The summed E-state index contributed by atoms with van der Waals surface area (Å²) in [4.78, 5) is 25.0. The van der Waals surface area contributed by atoms with E-state index in [1.165, 1.54) is 16.2 Å². The Morgan fingerprint density at radius 1 is 1.39 bits per heavy atom. The molecule has 1 aliphatic heterocycles. The molecule has 5 heteroatoms. The monoisotopic (exact) mass is 267 g/mol. The number of rotatable bonds is 3. The van der Waals surface area contributed by atoms with Gasteiger partial charge in [0.15, 0.2) is 0 Å². The van der Waals surface area contributed by atoms with Crippen LogP contribution in [0.5, 0.6) is 0 Å². The molecule has 4 nitrogen and oxygen atoms in total. The number of hydrogen-bond donors (Lipinski definition) is 1. The van der Waals surface area contributed by atoms with Crippen LogP contribution < -0.4 is 0 Å². The van der Waals surface area contributed by atoms with E-state index in [1.54, 1.807) is 6.07 Å². The zero-order valence-corrected chi connectivity index (χ0v) is 11.4. The summed E-state index contributed by atoms with van der Waals surface area (Å²) in [5.41, 5.74) is 0.489. The molecule has 1 atom stereocenters. The third-order valence-corrected chi connectivity index (χ3v) is 3.85. The molecule has 0 spiro atoms. The first-order valence-electron chi connectivity index (χ1n) is 5.92. The molecule has 0 radical (unpaired) electrons. The molecule has 2 amide bonds. The average molecular weight is 267 g/mol. The highest BCUT2D eigenvalue weighted by atomic mass is 32.1. The van der Waals surface area contributed by atoms with Crippen LogP contribution in [-0.4, -0.2) is 28.4 Å². The van der Waals surface area contributed by atoms with Gasteiger partial charge in [0.1, 0.15) is 0 Å². The summed E-state index contributed by atoms with van der Waals surface area (Å²) >= 11 is 1.48. The maximum absolute atomic E-state index is 11.9. The Balaban J connectivity index is 2.06. The molecule has 98 valence electrons. The third kappa shape index (κ3) is 2.79. The fourth-order valence-corrected chi connectivity index (χ4v) is 2.86. The minimum Gasteiger partial charge on any atom is -0.387 e. The number of imide groups is 1. The van der Waals surface area contributed by atoms with E-state index in [0.29, 0.717) is 12.8 Å². The molecule has 1 fully saturated rings. The van der Waals surface area contributed by atoms with E-state index in [4.69, 9.17) is 0 Å². The molecule has 1 unspecified atom stereocenters. The number of nitrogens with zero attached hydrogens (tertiary/aromatic N) is 1. The first-order chi connectivity index (χ1) is 8.39. The van der Waals surface area contributed by atoms with Crippen LogP contribution in [0.1, 0.15) is 38.4 Å². The zero-order valence-electron chi connectivity index (χ0n) is 10.5. The highest BCUT2D eigenvalue weighted by Gasteiger charge is 2.38. The molecular formula is C13H17NO3S. The molecule has 0 bridgehead atoms. The highest BCUT2D eigenvalue weighted by molar-refractivity contribution is 7.07.